The normalized spacial score (nSPS) is 35.0. The molecular formula is C32H44N4O4. The van der Waals surface area contributed by atoms with Crippen LogP contribution in [0.15, 0.2) is 0 Å². The van der Waals surface area contributed by atoms with Crippen LogP contribution in [0.5, 0.6) is 0 Å². The van der Waals surface area contributed by atoms with Crippen molar-refractivity contribution in [3.05, 3.63) is 0 Å². The Balaban J connectivity index is 1.05. The fourth-order valence-corrected chi connectivity index (χ4v) is 7.81. The lowest BCUT2D eigenvalue weighted by molar-refractivity contribution is -0.168. The molecule has 2 aliphatic carbocycles. The molecule has 2 saturated carbocycles. The van der Waals surface area contributed by atoms with E-state index in [1.165, 1.54) is 9.80 Å². The van der Waals surface area contributed by atoms with Crippen LogP contribution in [0.2, 0.25) is 0 Å². The second kappa shape index (κ2) is 10.00. The van der Waals surface area contributed by atoms with Gasteiger partial charge in [-0.15, -0.1) is 0 Å². The third kappa shape index (κ3) is 4.22. The SMILES string of the molecule is CC1(C)[C@H]2CC[C@@]1(C)C(=O)N(CC#CCN1CCN(CC#CCN3C(=O)[C@@H]4CC[C@@](C)(C3=O)C4(C)C)CC1)C2=O. The maximum absolute atomic E-state index is 13.1. The summed E-state index contributed by atoms with van der Waals surface area (Å²) in [6.07, 6.45) is 3.08. The lowest BCUT2D eigenvalue weighted by Gasteiger charge is -2.47. The molecule has 4 bridgehead atoms. The smallest absolute Gasteiger partial charge is 0.236 e. The third-order valence-electron chi connectivity index (χ3n) is 11.8. The van der Waals surface area contributed by atoms with E-state index >= 15 is 0 Å². The zero-order chi connectivity index (χ0) is 29.1. The first kappa shape index (κ1) is 28.8. The second-order valence-corrected chi connectivity index (χ2v) is 14.0. The van der Waals surface area contributed by atoms with E-state index in [2.05, 4.69) is 61.2 Å². The summed E-state index contributed by atoms with van der Waals surface area (Å²) in [5, 5.41) is 0. The molecule has 5 aliphatic rings. The van der Waals surface area contributed by atoms with Crippen LogP contribution in [0.4, 0.5) is 0 Å². The van der Waals surface area contributed by atoms with E-state index in [9.17, 15) is 19.2 Å². The number of hydrogen-bond acceptors (Lipinski definition) is 6. The highest BCUT2D eigenvalue weighted by molar-refractivity contribution is 6.04. The molecule has 0 radical (unpaired) electrons. The number of fused-ring (bicyclic) bond motifs is 4. The highest BCUT2D eigenvalue weighted by atomic mass is 16.2. The van der Waals surface area contributed by atoms with Crippen LogP contribution >= 0.6 is 0 Å². The molecule has 0 unspecified atom stereocenters. The largest absolute Gasteiger partial charge is 0.290 e. The molecule has 216 valence electrons. The van der Waals surface area contributed by atoms with Crippen LogP contribution in [-0.4, -0.2) is 95.6 Å². The lowest BCUT2D eigenvalue weighted by Crippen LogP contribution is -2.59. The molecule has 5 rings (SSSR count). The van der Waals surface area contributed by atoms with Crippen LogP contribution in [-0.2, 0) is 19.2 Å². The number of likely N-dealkylation sites (tertiary alicyclic amines) is 2. The van der Waals surface area contributed by atoms with Gasteiger partial charge in [-0.25, -0.2) is 0 Å². The van der Waals surface area contributed by atoms with Gasteiger partial charge in [0.1, 0.15) is 0 Å². The summed E-state index contributed by atoms with van der Waals surface area (Å²) in [6, 6.07) is 0. The van der Waals surface area contributed by atoms with Gasteiger partial charge >= 0.3 is 0 Å². The molecule has 0 aromatic rings. The van der Waals surface area contributed by atoms with Gasteiger partial charge in [0.05, 0.1) is 37.0 Å². The Kier molecular flexibility index (Phi) is 7.21. The molecule has 0 N–H and O–H groups in total. The molecule has 8 heteroatoms. The lowest BCUT2D eigenvalue weighted by atomic mass is 9.62. The van der Waals surface area contributed by atoms with E-state index in [0.29, 0.717) is 13.1 Å². The molecule has 0 aromatic heterocycles. The van der Waals surface area contributed by atoms with E-state index in [1.54, 1.807) is 0 Å². The number of piperidine rings is 2. The molecule has 4 amide bonds. The average Bonchev–Trinajstić information content (AvgIpc) is 3.22. The Labute approximate surface area is 239 Å². The Morgan fingerprint density at radius 3 is 1.25 bits per heavy atom. The fourth-order valence-electron chi connectivity index (χ4n) is 7.81. The molecule has 3 heterocycles. The van der Waals surface area contributed by atoms with E-state index in [1.807, 2.05) is 13.8 Å². The first-order valence-electron chi connectivity index (χ1n) is 14.8. The van der Waals surface area contributed by atoms with Crippen LogP contribution < -0.4 is 0 Å². The number of carbonyl (C=O) groups is 4. The van der Waals surface area contributed by atoms with Gasteiger partial charge in [0.25, 0.3) is 0 Å². The van der Waals surface area contributed by atoms with Gasteiger partial charge in [-0.1, -0.05) is 65.2 Å². The molecule has 5 fully saturated rings. The summed E-state index contributed by atoms with van der Waals surface area (Å²) in [5.74, 6) is 12.1. The molecule has 3 aliphatic heterocycles. The van der Waals surface area contributed by atoms with Crippen LogP contribution in [0.1, 0.15) is 67.2 Å². The predicted molar refractivity (Wildman–Crippen MR) is 151 cm³/mol. The Hall–Kier alpha value is -2.68. The van der Waals surface area contributed by atoms with E-state index < -0.39 is 10.8 Å². The van der Waals surface area contributed by atoms with Crippen LogP contribution in [0.25, 0.3) is 0 Å². The van der Waals surface area contributed by atoms with E-state index in [4.69, 9.17) is 0 Å². The highest BCUT2D eigenvalue weighted by Crippen LogP contribution is 2.61. The summed E-state index contributed by atoms with van der Waals surface area (Å²) < 4.78 is 0. The molecule has 0 aromatic carbocycles. The van der Waals surface area contributed by atoms with Crippen molar-refractivity contribution in [3.63, 3.8) is 0 Å². The van der Waals surface area contributed by atoms with Crippen molar-refractivity contribution in [1.82, 2.24) is 19.6 Å². The van der Waals surface area contributed by atoms with Crippen molar-refractivity contribution in [3.8, 4) is 23.7 Å². The topological polar surface area (TPSA) is 81.2 Å². The maximum Gasteiger partial charge on any atom is 0.236 e. The van der Waals surface area contributed by atoms with Gasteiger partial charge in [0, 0.05) is 38.0 Å². The zero-order valence-corrected chi connectivity index (χ0v) is 25.1. The van der Waals surface area contributed by atoms with Gasteiger partial charge in [-0.05, 0) is 36.5 Å². The van der Waals surface area contributed by atoms with Crippen molar-refractivity contribution in [2.45, 2.75) is 67.2 Å². The van der Waals surface area contributed by atoms with Gasteiger partial charge in [0.2, 0.25) is 23.6 Å². The number of imide groups is 2. The van der Waals surface area contributed by atoms with E-state index in [-0.39, 0.29) is 59.4 Å². The van der Waals surface area contributed by atoms with Gasteiger partial charge in [-0.2, -0.15) is 0 Å². The van der Waals surface area contributed by atoms with Crippen LogP contribution in [0, 0.1) is 57.2 Å². The second-order valence-electron chi connectivity index (χ2n) is 14.0. The van der Waals surface area contributed by atoms with Crippen molar-refractivity contribution >= 4 is 23.6 Å². The standard InChI is InChI=1S/C32H44N4O4/c1-29(2)23-11-13-31(29,5)27(39)35(25(23)37)17-9-7-15-33-19-21-34(22-20-33)16-8-10-18-36-26(38)24-12-14-32(6,28(36)40)30(24,3)4/h23-24H,11-22H2,1-6H3/t23-,24-,31-,32-/m0/s1. The number of hydrogen-bond donors (Lipinski definition) is 0. The van der Waals surface area contributed by atoms with Gasteiger partial charge in [-0.3, -0.25) is 38.8 Å². The van der Waals surface area contributed by atoms with Crippen molar-refractivity contribution in [1.29, 1.82) is 0 Å². The first-order valence-corrected chi connectivity index (χ1v) is 14.8. The van der Waals surface area contributed by atoms with Crippen molar-refractivity contribution in [2.75, 3.05) is 52.4 Å². The van der Waals surface area contributed by atoms with Gasteiger partial charge < -0.3 is 0 Å². The van der Waals surface area contributed by atoms with Crippen molar-refractivity contribution < 1.29 is 19.2 Å². The average molecular weight is 549 g/mol. The number of rotatable bonds is 4. The zero-order valence-electron chi connectivity index (χ0n) is 25.1. The first-order chi connectivity index (χ1) is 18.8. The predicted octanol–water partition coefficient (Wildman–Crippen LogP) is 2.23. The summed E-state index contributed by atoms with van der Waals surface area (Å²) in [4.78, 5) is 59.5. The fraction of sp³-hybridized carbons (Fsp3) is 0.750. The Morgan fingerprint density at radius 2 is 0.900 bits per heavy atom. The summed E-state index contributed by atoms with van der Waals surface area (Å²) in [6.45, 7) is 17.2. The van der Waals surface area contributed by atoms with Crippen molar-refractivity contribution in [2.24, 2.45) is 33.5 Å². The minimum atomic E-state index is -0.486. The molecule has 40 heavy (non-hydrogen) atoms. The van der Waals surface area contributed by atoms with E-state index in [0.717, 1.165) is 51.9 Å². The molecule has 8 nitrogen and oxygen atoms in total. The highest BCUT2D eigenvalue weighted by Gasteiger charge is 2.65. The number of amides is 4. The summed E-state index contributed by atoms with van der Waals surface area (Å²) in [7, 11) is 0. The molecular weight excluding hydrogens is 504 g/mol. The Morgan fingerprint density at radius 1 is 0.575 bits per heavy atom. The van der Waals surface area contributed by atoms with Crippen LogP contribution in [0.3, 0.4) is 0 Å². The Bertz CT molecular complexity index is 1140. The van der Waals surface area contributed by atoms with Gasteiger partial charge in [0.15, 0.2) is 0 Å². The number of nitrogens with zero attached hydrogens (tertiary/aromatic N) is 4. The number of carbonyl (C=O) groups excluding carboxylic acids is 4. The summed E-state index contributed by atoms with van der Waals surface area (Å²) in [5.41, 5.74) is -1.57. The monoisotopic (exact) mass is 548 g/mol. The molecule has 4 atom stereocenters. The molecule has 0 spiro atoms. The quantitative estimate of drug-likeness (QED) is 0.396. The minimum absolute atomic E-state index is 0.0617. The number of piperazine rings is 1. The summed E-state index contributed by atoms with van der Waals surface area (Å²) >= 11 is 0. The minimum Gasteiger partial charge on any atom is -0.290 e. The third-order valence-corrected chi connectivity index (χ3v) is 11.8. The maximum atomic E-state index is 13.1. The molecule has 3 saturated heterocycles.